The first-order chi connectivity index (χ1) is 8.95. The second-order valence-corrected chi connectivity index (χ2v) is 5.07. The highest BCUT2D eigenvalue weighted by Crippen LogP contribution is 2.25. The molecule has 0 spiro atoms. The minimum Gasteiger partial charge on any atom is -0.421 e. The molecule has 0 bridgehead atoms. The molecule has 1 heterocycles. The number of hydrogen-bond donors (Lipinski definition) is 1. The number of rotatable bonds is 3. The molecular weight excluding hydrogens is 333 g/mol. The lowest BCUT2D eigenvalue weighted by atomic mass is 10.3. The van der Waals surface area contributed by atoms with E-state index in [2.05, 4.69) is 25.9 Å². The highest BCUT2D eigenvalue weighted by molar-refractivity contribution is 9.10. The number of nitrogens with zero attached hydrogens (tertiary/aromatic N) is 2. The molecule has 0 radical (unpaired) electrons. The third-order valence-electron chi connectivity index (χ3n) is 2.18. The summed E-state index contributed by atoms with van der Waals surface area (Å²) >= 11 is 8.08. The number of thiocarbonyl (C=S) groups is 1. The largest absolute Gasteiger partial charge is 0.421 e. The lowest BCUT2D eigenvalue weighted by Gasteiger charge is -2.07. The predicted octanol–water partition coefficient (Wildman–Crippen LogP) is 3.11. The van der Waals surface area contributed by atoms with Crippen LogP contribution in [0, 0.1) is 12.7 Å². The summed E-state index contributed by atoms with van der Waals surface area (Å²) < 4.78 is 19.6. The van der Waals surface area contributed by atoms with Crippen molar-refractivity contribution in [1.29, 1.82) is 0 Å². The van der Waals surface area contributed by atoms with Crippen LogP contribution in [0.25, 0.3) is 0 Å². The molecule has 0 saturated carbocycles. The fourth-order valence-electron chi connectivity index (χ4n) is 1.37. The van der Waals surface area contributed by atoms with Crippen molar-refractivity contribution in [3.8, 4) is 11.8 Å². The molecule has 4 nitrogen and oxygen atoms in total. The van der Waals surface area contributed by atoms with Crippen molar-refractivity contribution in [3.63, 3.8) is 0 Å². The van der Waals surface area contributed by atoms with Gasteiger partial charge in [0.2, 0.25) is 0 Å². The highest BCUT2D eigenvalue weighted by atomic mass is 79.9. The maximum atomic E-state index is 13.6. The van der Waals surface area contributed by atoms with Gasteiger partial charge in [0.1, 0.15) is 10.7 Å². The molecule has 0 aliphatic carbocycles. The maximum absolute atomic E-state index is 13.6. The first-order valence-electron chi connectivity index (χ1n) is 5.24. The van der Waals surface area contributed by atoms with Crippen molar-refractivity contribution in [2.75, 3.05) is 0 Å². The normalized spacial score (nSPS) is 10.3. The van der Waals surface area contributed by atoms with Crippen molar-refractivity contribution in [2.24, 2.45) is 5.73 Å². The molecule has 2 rings (SSSR count). The zero-order chi connectivity index (χ0) is 14.0. The van der Waals surface area contributed by atoms with Gasteiger partial charge < -0.3 is 10.5 Å². The fraction of sp³-hybridized carbons (Fsp3) is 0.0833. The summed E-state index contributed by atoms with van der Waals surface area (Å²) in [6.07, 6.45) is 0. The molecule has 0 unspecified atom stereocenters. The molecule has 2 aromatic rings. The lowest BCUT2D eigenvalue weighted by molar-refractivity contribution is 0.409. The first kappa shape index (κ1) is 13.8. The fourth-order valence-corrected chi connectivity index (χ4v) is 1.81. The average Bonchev–Trinajstić information content (AvgIpc) is 2.33. The molecule has 0 amide bonds. The van der Waals surface area contributed by atoms with Gasteiger partial charge in [-0.25, -0.2) is 9.37 Å². The average molecular weight is 342 g/mol. The van der Waals surface area contributed by atoms with Crippen LogP contribution in [0.5, 0.6) is 11.8 Å². The summed E-state index contributed by atoms with van der Waals surface area (Å²) in [7, 11) is 0. The van der Waals surface area contributed by atoms with Gasteiger partial charge in [-0.15, -0.1) is 0 Å². The van der Waals surface area contributed by atoms with Crippen LogP contribution in [0.2, 0.25) is 0 Å². The third-order valence-corrected chi connectivity index (χ3v) is 2.88. The van der Waals surface area contributed by atoms with Crippen molar-refractivity contribution in [3.05, 3.63) is 45.9 Å². The Kier molecular flexibility index (Phi) is 4.06. The molecule has 0 saturated heterocycles. The molecular formula is C12H9BrFN3OS. The van der Waals surface area contributed by atoms with Crippen molar-refractivity contribution >= 4 is 33.1 Å². The quantitative estimate of drug-likeness (QED) is 0.869. The minimum atomic E-state index is -0.509. The summed E-state index contributed by atoms with van der Waals surface area (Å²) in [4.78, 5) is 8.20. The zero-order valence-corrected chi connectivity index (χ0v) is 12.3. The van der Waals surface area contributed by atoms with Crippen LogP contribution < -0.4 is 10.5 Å². The lowest BCUT2D eigenvalue weighted by Crippen LogP contribution is -2.13. The van der Waals surface area contributed by atoms with Gasteiger partial charge >= 0.3 is 6.01 Å². The first-order valence-corrected chi connectivity index (χ1v) is 6.44. The Bertz CT molecular complexity index is 651. The summed E-state index contributed by atoms with van der Waals surface area (Å²) in [6.45, 7) is 1.74. The van der Waals surface area contributed by atoms with Crippen molar-refractivity contribution in [2.45, 2.75) is 6.92 Å². The van der Waals surface area contributed by atoms with E-state index < -0.39 is 5.82 Å². The Hall–Kier alpha value is -1.60. The summed E-state index contributed by atoms with van der Waals surface area (Å²) in [5.74, 6) is -0.487. The third kappa shape index (κ3) is 3.45. The monoisotopic (exact) mass is 341 g/mol. The molecule has 1 aromatic carbocycles. The van der Waals surface area contributed by atoms with E-state index in [-0.39, 0.29) is 16.7 Å². The second-order valence-electron chi connectivity index (χ2n) is 3.72. The van der Waals surface area contributed by atoms with Crippen molar-refractivity contribution in [1.82, 2.24) is 9.97 Å². The van der Waals surface area contributed by atoms with E-state index in [1.807, 2.05) is 0 Å². The molecule has 0 aliphatic heterocycles. The predicted molar refractivity (Wildman–Crippen MR) is 76.8 cm³/mol. The molecule has 0 atom stereocenters. The van der Waals surface area contributed by atoms with E-state index in [1.54, 1.807) is 19.1 Å². The molecule has 98 valence electrons. The number of halogens is 2. The molecule has 2 N–H and O–H groups in total. The van der Waals surface area contributed by atoms with Gasteiger partial charge in [-0.2, -0.15) is 4.98 Å². The minimum absolute atomic E-state index is 0.000185. The number of hydrogen-bond acceptors (Lipinski definition) is 4. The Morgan fingerprint density at radius 2 is 2.11 bits per heavy atom. The van der Waals surface area contributed by atoms with Gasteiger partial charge in [0.25, 0.3) is 0 Å². The maximum Gasteiger partial charge on any atom is 0.322 e. The van der Waals surface area contributed by atoms with E-state index in [9.17, 15) is 4.39 Å². The standard InChI is InChI=1S/C12H9BrFN3OS/c1-6-4-9(11(15)19)17-12(16-6)18-10-5-7(13)2-3-8(10)14/h2-5H,1H3,(H2,15,19). The van der Waals surface area contributed by atoms with E-state index in [0.29, 0.717) is 15.9 Å². The zero-order valence-electron chi connectivity index (χ0n) is 9.85. The summed E-state index contributed by atoms with van der Waals surface area (Å²) in [5.41, 5.74) is 6.51. The Balaban J connectivity index is 2.38. The van der Waals surface area contributed by atoms with Crippen LogP contribution in [0.4, 0.5) is 4.39 Å². The van der Waals surface area contributed by atoms with Crippen molar-refractivity contribution < 1.29 is 9.13 Å². The highest BCUT2D eigenvalue weighted by Gasteiger charge is 2.10. The number of ether oxygens (including phenoxy) is 1. The molecule has 1 aromatic heterocycles. The SMILES string of the molecule is Cc1cc(C(N)=S)nc(Oc2cc(Br)ccc2F)n1. The van der Waals surface area contributed by atoms with Gasteiger partial charge in [0, 0.05) is 10.2 Å². The summed E-state index contributed by atoms with van der Waals surface area (Å²) in [5, 5.41) is 0. The molecule has 19 heavy (non-hydrogen) atoms. The van der Waals surface area contributed by atoms with Gasteiger partial charge in [0.05, 0.1) is 0 Å². The van der Waals surface area contributed by atoms with Gasteiger partial charge in [0.15, 0.2) is 11.6 Å². The number of benzene rings is 1. The Morgan fingerprint density at radius 1 is 1.37 bits per heavy atom. The Morgan fingerprint density at radius 3 is 2.79 bits per heavy atom. The molecule has 7 heteroatoms. The van der Waals surface area contributed by atoms with Crippen LogP contribution in [-0.2, 0) is 0 Å². The van der Waals surface area contributed by atoms with Crippen LogP contribution in [0.1, 0.15) is 11.4 Å². The van der Waals surface area contributed by atoms with Gasteiger partial charge in [-0.1, -0.05) is 28.1 Å². The smallest absolute Gasteiger partial charge is 0.322 e. The van der Waals surface area contributed by atoms with Crippen LogP contribution in [0.3, 0.4) is 0 Å². The van der Waals surface area contributed by atoms with Gasteiger partial charge in [-0.3, -0.25) is 0 Å². The summed E-state index contributed by atoms with van der Waals surface area (Å²) in [6, 6.07) is 5.97. The van der Waals surface area contributed by atoms with Crippen LogP contribution >= 0.6 is 28.1 Å². The van der Waals surface area contributed by atoms with Crippen LogP contribution in [-0.4, -0.2) is 15.0 Å². The molecule has 0 aliphatic rings. The second kappa shape index (κ2) is 5.58. The topological polar surface area (TPSA) is 61.0 Å². The molecule has 0 fully saturated rings. The van der Waals surface area contributed by atoms with Crippen LogP contribution in [0.15, 0.2) is 28.7 Å². The van der Waals surface area contributed by atoms with Gasteiger partial charge in [-0.05, 0) is 31.2 Å². The van der Waals surface area contributed by atoms with E-state index in [4.69, 9.17) is 22.7 Å². The van der Waals surface area contributed by atoms with E-state index in [0.717, 1.165) is 0 Å². The number of aromatic nitrogens is 2. The number of aryl methyl sites for hydroxylation is 1. The number of nitrogens with two attached hydrogens (primary N) is 1. The Labute approximate surface area is 123 Å². The van der Waals surface area contributed by atoms with E-state index in [1.165, 1.54) is 12.1 Å². The van der Waals surface area contributed by atoms with E-state index >= 15 is 0 Å².